The molecule has 1 heterocycles. The van der Waals surface area contributed by atoms with Gasteiger partial charge in [0.1, 0.15) is 17.8 Å². The van der Waals surface area contributed by atoms with Crippen LogP contribution in [0.25, 0.3) is 0 Å². The Labute approximate surface area is 102 Å². The predicted octanol–water partition coefficient (Wildman–Crippen LogP) is 2.74. The van der Waals surface area contributed by atoms with E-state index in [0.29, 0.717) is 5.76 Å². The van der Waals surface area contributed by atoms with Gasteiger partial charge in [-0.2, -0.15) is 0 Å². The van der Waals surface area contributed by atoms with E-state index in [1.807, 2.05) is 45.1 Å². The van der Waals surface area contributed by atoms with Crippen molar-refractivity contribution >= 4 is 5.97 Å². The van der Waals surface area contributed by atoms with E-state index >= 15 is 0 Å². The van der Waals surface area contributed by atoms with E-state index in [1.165, 1.54) is 0 Å². The molecule has 1 saturated heterocycles. The molecule has 1 aliphatic carbocycles. The summed E-state index contributed by atoms with van der Waals surface area (Å²) >= 11 is 0. The van der Waals surface area contributed by atoms with Crippen molar-refractivity contribution in [2.45, 2.75) is 39.4 Å². The van der Waals surface area contributed by atoms with Crippen molar-refractivity contribution in [3.05, 3.63) is 35.6 Å². The standard InChI is InChI=1S/C14H18O3/c1-9-6-4-5-7-12-13(9)14(15)17-11(3)8-10(2)16-12/h4-7,10-11,13H,8H2,1-3H3. The van der Waals surface area contributed by atoms with E-state index in [2.05, 4.69) is 0 Å². The van der Waals surface area contributed by atoms with Gasteiger partial charge in [0.2, 0.25) is 0 Å². The molecule has 0 aromatic carbocycles. The maximum Gasteiger partial charge on any atom is 0.321 e. The van der Waals surface area contributed by atoms with E-state index in [9.17, 15) is 4.79 Å². The van der Waals surface area contributed by atoms with Crippen LogP contribution in [-0.2, 0) is 14.3 Å². The minimum Gasteiger partial charge on any atom is -0.494 e. The lowest BCUT2D eigenvalue weighted by molar-refractivity contribution is -0.156. The Hall–Kier alpha value is -1.51. The predicted molar refractivity (Wildman–Crippen MR) is 65.2 cm³/mol. The third-order valence-electron chi connectivity index (χ3n) is 3.02. The van der Waals surface area contributed by atoms with Crippen LogP contribution < -0.4 is 0 Å². The average Bonchev–Trinajstić information content (AvgIpc) is 2.37. The van der Waals surface area contributed by atoms with E-state index in [-0.39, 0.29) is 18.2 Å². The lowest BCUT2D eigenvalue weighted by atomic mass is 9.97. The van der Waals surface area contributed by atoms with Gasteiger partial charge in [-0.3, -0.25) is 4.79 Å². The molecule has 3 atom stereocenters. The number of ether oxygens (including phenoxy) is 2. The highest BCUT2D eigenvalue weighted by atomic mass is 16.6. The highest BCUT2D eigenvalue weighted by Crippen LogP contribution is 2.29. The summed E-state index contributed by atoms with van der Waals surface area (Å²) in [7, 11) is 0. The average molecular weight is 234 g/mol. The summed E-state index contributed by atoms with van der Waals surface area (Å²) in [5.41, 5.74) is 0.955. The fraction of sp³-hybridized carbons (Fsp3) is 0.500. The maximum absolute atomic E-state index is 12.1. The first kappa shape index (κ1) is 12.0. The molecular weight excluding hydrogens is 216 g/mol. The quantitative estimate of drug-likeness (QED) is 0.604. The Balaban J connectivity index is 2.34. The molecule has 17 heavy (non-hydrogen) atoms. The zero-order valence-corrected chi connectivity index (χ0v) is 10.5. The molecular formula is C14H18O3. The molecule has 0 radical (unpaired) electrons. The third kappa shape index (κ3) is 2.60. The number of carbonyl (C=O) groups excluding carboxylic acids is 1. The molecule has 0 amide bonds. The zero-order chi connectivity index (χ0) is 12.4. The molecule has 3 unspecified atom stereocenters. The summed E-state index contributed by atoms with van der Waals surface area (Å²) < 4.78 is 11.3. The van der Waals surface area contributed by atoms with Crippen molar-refractivity contribution in [3.63, 3.8) is 0 Å². The number of esters is 1. The van der Waals surface area contributed by atoms with Gasteiger partial charge in [-0.25, -0.2) is 0 Å². The van der Waals surface area contributed by atoms with Gasteiger partial charge >= 0.3 is 5.97 Å². The largest absolute Gasteiger partial charge is 0.494 e. The SMILES string of the molecule is CC1=CC=CC=C2OC(C)CC(C)OC(=O)C12. The first-order valence-electron chi connectivity index (χ1n) is 6.00. The summed E-state index contributed by atoms with van der Waals surface area (Å²) in [6.45, 7) is 5.83. The Morgan fingerprint density at radius 2 is 1.76 bits per heavy atom. The van der Waals surface area contributed by atoms with Gasteiger partial charge in [0, 0.05) is 6.42 Å². The molecule has 3 nitrogen and oxygen atoms in total. The van der Waals surface area contributed by atoms with Crippen molar-refractivity contribution in [1.29, 1.82) is 0 Å². The number of hydrogen-bond acceptors (Lipinski definition) is 3. The number of allylic oxidation sites excluding steroid dienone is 4. The van der Waals surface area contributed by atoms with E-state index < -0.39 is 5.92 Å². The molecule has 0 aromatic heterocycles. The molecule has 0 saturated carbocycles. The number of carbonyl (C=O) groups is 1. The van der Waals surface area contributed by atoms with Crippen LogP contribution in [0.5, 0.6) is 0 Å². The Bertz CT molecular complexity index is 404. The van der Waals surface area contributed by atoms with Gasteiger partial charge in [0.25, 0.3) is 0 Å². The molecule has 92 valence electrons. The number of cyclic esters (lactones) is 1. The topological polar surface area (TPSA) is 35.5 Å². The van der Waals surface area contributed by atoms with Gasteiger partial charge in [0.15, 0.2) is 0 Å². The zero-order valence-electron chi connectivity index (χ0n) is 10.5. The molecule has 1 aliphatic heterocycles. The fourth-order valence-electron chi connectivity index (χ4n) is 2.25. The fourth-order valence-corrected chi connectivity index (χ4v) is 2.25. The molecule has 0 N–H and O–H groups in total. The van der Waals surface area contributed by atoms with Crippen LogP contribution in [0.1, 0.15) is 27.2 Å². The summed E-state index contributed by atoms with van der Waals surface area (Å²) in [6.07, 6.45) is 8.28. The minimum atomic E-state index is -0.393. The highest BCUT2D eigenvalue weighted by Gasteiger charge is 2.33. The number of hydrogen-bond donors (Lipinski definition) is 0. The van der Waals surface area contributed by atoms with Crippen LogP contribution in [0.3, 0.4) is 0 Å². The molecule has 0 bridgehead atoms. The second-order valence-corrected chi connectivity index (χ2v) is 4.71. The van der Waals surface area contributed by atoms with Gasteiger partial charge in [0.05, 0.1) is 6.10 Å². The Kier molecular flexibility index (Phi) is 3.36. The number of fused-ring (bicyclic) bond motifs is 1. The summed E-state index contributed by atoms with van der Waals surface area (Å²) in [5.74, 6) is 0.0835. The third-order valence-corrected chi connectivity index (χ3v) is 3.02. The summed E-state index contributed by atoms with van der Waals surface area (Å²) in [5, 5.41) is 0. The van der Waals surface area contributed by atoms with Crippen molar-refractivity contribution in [2.24, 2.45) is 5.92 Å². The lowest BCUT2D eigenvalue weighted by Gasteiger charge is -2.29. The van der Waals surface area contributed by atoms with Crippen molar-refractivity contribution in [3.8, 4) is 0 Å². The Morgan fingerprint density at radius 1 is 1.12 bits per heavy atom. The molecule has 3 heteroatoms. The second kappa shape index (κ2) is 4.78. The monoisotopic (exact) mass is 234 g/mol. The van der Waals surface area contributed by atoms with Crippen LogP contribution >= 0.6 is 0 Å². The molecule has 0 spiro atoms. The summed E-state index contributed by atoms with van der Waals surface area (Å²) in [4.78, 5) is 12.1. The van der Waals surface area contributed by atoms with E-state index in [1.54, 1.807) is 0 Å². The minimum absolute atomic E-state index is 0.0612. The van der Waals surface area contributed by atoms with E-state index in [0.717, 1.165) is 12.0 Å². The van der Waals surface area contributed by atoms with Gasteiger partial charge in [-0.05, 0) is 26.8 Å². The van der Waals surface area contributed by atoms with Crippen molar-refractivity contribution in [1.82, 2.24) is 0 Å². The van der Waals surface area contributed by atoms with Crippen LogP contribution in [0.4, 0.5) is 0 Å². The van der Waals surface area contributed by atoms with Crippen LogP contribution in [-0.4, -0.2) is 18.2 Å². The Morgan fingerprint density at radius 3 is 2.53 bits per heavy atom. The van der Waals surface area contributed by atoms with E-state index in [4.69, 9.17) is 9.47 Å². The normalized spacial score (nSPS) is 33.1. The van der Waals surface area contributed by atoms with Crippen LogP contribution in [0.15, 0.2) is 35.6 Å². The molecule has 2 aliphatic rings. The maximum atomic E-state index is 12.1. The molecule has 0 aromatic rings. The number of rotatable bonds is 0. The van der Waals surface area contributed by atoms with Gasteiger partial charge in [-0.15, -0.1) is 0 Å². The first-order valence-corrected chi connectivity index (χ1v) is 6.00. The highest BCUT2D eigenvalue weighted by molar-refractivity contribution is 5.79. The van der Waals surface area contributed by atoms with Gasteiger partial charge in [-0.1, -0.05) is 23.8 Å². The first-order chi connectivity index (χ1) is 8.08. The van der Waals surface area contributed by atoms with Crippen LogP contribution in [0.2, 0.25) is 0 Å². The van der Waals surface area contributed by atoms with Gasteiger partial charge < -0.3 is 9.47 Å². The van der Waals surface area contributed by atoms with Crippen molar-refractivity contribution < 1.29 is 14.3 Å². The second-order valence-electron chi connectivity index (χ2n) is 4.71. The summed E-state index contributed by atoms with van der Waals surface area (Å²) in [6, 6.07) is 0. The lowest BCUT2D eigenvalue weighted by Crippen LogP contribution is -2.32. The molecule has 2 rings (SSSR count). The smallest absolute Gasteiger partial charge is 0.321 e. The van der Waals surface area contributed by atoms with Crippen molar-refractivity contribution in [2.75, 3.05) is 0 Å². The molecule has 1 fully saturated rings. The van der Waals surface area contributed by atoms with Crippen LogP contribution in [0, 0.1) is 5.92 Å².